The molecule has 5 heteroatoms. The lowest BCUT2D eigenvalue weighted by molar-refractivity contribution is -0.146. The van der Waals surface area contributed by atoms with Crippen LogP contribution < -0.4 is 10.1 Å². The van der Waals surface area contributed by atoms with Crippen molar-refractivity contribution >= 4 is 11.9 Å². The highest BCUT2D eigenvalue weighted by Crippen LogP contribution is 2.20. The van der Waals surface area contributed by atoms with Gasteiger partial charge in [0.25, 0.3) is 5.91 Å². The van der Waals surface area contributed by atoms with Crippen LogP contribution in [-0.2, 0) is 9.59 Å². The number of carbonyl (C=O) groups excluding carboxylic acids is 1. The summed E-state index contributed by atoms with van der Waals surface area (Å²) in [4.78, 5) is 23.7. The Labute approximate surface area is 131 Å². The summed E-state index contributed by atoms with van der Waals surface area (Å²) in [6.45, 7) is 8.90. The maximum absolute atomic E-state index is 12.4. The smallest absolute Gasteiger partial charge is 0.326 e. The Morgan fingerprint density at radius 1 is 1.27 bits per heavy atom. The molecule has 0 aromatic heterocycles. The highest BCUT2D eigenvalue weighted by atomic mass is 16.5. The van der Waals surface area contributed by atoms with Gasteiger partial charge in [-0.2, -0.15) is 0 Å². The third kappa shape index (κ3) is 4.76. The van der Waals surface area contributed by atoms with E-state index in [2.05, 4.69) is 5.32 Å². The Hall–Kier alpha value is -2.04. The van der Waals surface area contributed by atoms with E-state index in [4.69, 9.17) is 4.74 Å². The van der Waals surface area contributed by atoms with E-state index in [-0.39, 0.29) is 5.92 Å². The second kappa shape index (κ2) is 7.29. The van der Waals surface area contributed by atoms with Crippen molar-refractivity contribution in [2.75, 3.05) is 0 Å². The molecule has 122 valence electrons. The van der Waals surface area contributed by atoms with Crippen LogP contribution in [-0.4, -0.2) is 28.6 Å². The molecule has 0 heterocycles. The predicted octanol–water partition coefficient (Wildman–Crippen LogP) is 2.77. The lowest BCUT2D eigenvalue weighted by Crippen LogP contribution is -2.54. The van der Waals surface area contributed by atoms with Gasteiger partial charge in [-0.05, 0) is 38.8 Å². The molecule has 0 spiro atoms. The van der Waals surface area contributed by atoms with Gasteiger partial charge in [-0.25, -0.2) is 4.79 Å². The average molecular weight is 307 g/mol. The number of nitrogens with one attached hydrogen (secondary N) is 1. The summed E-state index contributed by atoms with van der Waals surface area (Å²) in [5, 5.41) is 11.8. The van der Waals surface area contributed by atoms with Gasteiger partial charge in [0.15, 0.2) is 5.60 Å². The number of hydrogen-bond donors (Lipinski definition) is 2. The van der Waals surface area contributed by atoms with Gasteiger partial charge in [0, 0.05) is 0 Å². The molecular formula is C17H25NO4. The largest absolute Gasteiger partial charge is 0.480 e. The maximum Gasteiger partial charge on any atom is 0.326 e. The summed E-state index contributed by atoms with van der Waals surface area (Å²) in [7, 11) is 0. The summed E-state index contributed by atoms with van der Waals surface area (Å²) < 4.78 is 5.71. The molecular weight excluding hydrogens is 282 g/mol. The van der Waals surface area contributed by atoms with Crippen molar-refractivity contribution in [2.24, 2.45) is 5.92 Å². The van der Waals surface area contributed by atoms with E-state index in [9.17, 15) is 14.7 Å². The summed E-state index contributed by atoms with van der Waals surface area (Å²) in [5.74, 6) is -1.06. The van der Waals surface area contributed by atoms with Crippen LogP contribution in [0.3, 0.4) is 0 Å². The Bertz CT molecular complexity index is 522. The van der Waals surface area contributed by atoms with Crippen LogP contribution in [0.2, 0.25) is 0 Å². The van der Waals surface area contributed by atoms with Crippen LogP contribution in [0.5, 0.6) is 5.75 Å². The molecule has 2 unspecified atom stereocenters. The molecule has 5 nitrogen and oxygen atoms in total. The number of aryl methyl sites for hydroxylation is 1. The fourth-order valence-corrected chi connectivity index (χ4v) is 1.95. The van der Waals surface area contributed by atoms with Gasteiger partial charge in [0.1, 0.15) is 11.8 Å². The average Bonchev–Trinajstić information content (AvgIpc) is 2.45. The molecule has 0 radical (unpaired) electrons. The molecule has 2 N–H and O–H groups in total. The number of rotatable bonds is 7. The van der Waals surface area contributed by atoms with E-state index in [0.29, 0.717) is 12.2 Å². The van der Waals surface area contributed by atoms with Crippen molar-refractivity contribution in [3.05, 3.63) is 29.8 Å². The Morgan fingerprint density at radius 2 is 1.82 bits per heavy atom. The molecule has 0 bridgehead atoms. The Balaban J connectivity index is 2.80. The summed E-state index contributed by atoms with van der Waals surface area (Å²) >= 11 is 0. The second-order valence-electron chi connectivity index (χ2n) is 6.10. The van der Waals surface area contributed by atoms with E-state index in [0.717, 1.165) is 5.56 Å². The van der Waals surface area contributed by atoms with Crippen molar-refractivity contribution in [2.45, 2.75) is 52.7 Å². The minimum absolute atomic E-state index is 0.156. The van der Waals surface area contributed by atoms with Crippen LogP contribution in [0, 0.1) is 12.8 Å². The van der Waals surface area contributed by atoms with Crippen molar-refractivity contribution in [3.8, 4) is 5.75 Å². The predicted molar refractivity (Wildman–Crippen MR) is 84.9 cm³/mol. The molecule has 1 amide bonds. The quantitative estimate of drug-likeness (QED) is 0.812. The van der Waals surface area contributed by atoms with Crippen LogP contribution in [0.25, 0.3) is 0 Å². The zero-order valence-electron chi connectivity index (χ0n) is 13.8. The number of carboxylic acids is 1. The third-order valence-corrected chi connectivity index (χ3v) is 3.71. The van der Waals surface area contributed by atoms with E-state index in [1.165, 1.54) is 0 Å². The highest BCUT2D eigenvalue weighted by Gasteiger charge is 2.34. The lowest BCUT2D eigenvalue weighted by atomic mass is 9.98. The number of carbonyl (C=O) groups is 2. The summed E-state index contributed by atoms with van der Waals surface area (Å²) in [6.07, 6.45) is 0.663. The lowest BCUT2D eigenvalue weighted by Gasteiger charge is -2.28. The molecule has 1 aromatic carbocycles. The molecule has 0 aliphatic carbocycles. The topological polar surface area (TPSA) is 75.6 Å². The number of hydrogen-bond acceptors (Lipinski definition) is 3. The fourth-order valence-electron chi connectivity index (χ4n) is 1.95. The standard InChI is InChI=1S/C17H25NO4/c1-6-12(3)14(15(19)20)18-16(21)17(4,5)22-13-9-7-11(2)8-10-13/h7-10,12,14H,6H2,1-5H3,(H,18,21)(H,19,20). The van der Waals surface area contributed by atoms with Crippen LogP contribution >= 0.6 is 0 Å². The van der Waals surface area contributed by atoms with E-state index < -0.39 is 23.5 Å². The Kier molecular flexibility index (Phi) is 5.97. The molecule has 0 fully saturated rings. The molecule has 0 aliphatic rings. The molecule has 1 aromatic rings. The first-order valence-corrected chi connectivity index (χ1v) is 7.46. The minimum Gasteiger partial charge on any atom is -0.480 e. The van der Waals surface area contributed by atoms with Gasteiger partial charge in [-0.1, -0.05) is 38.0 Å². The molecule has 1 rings (SSSR count). The molecule has 2 atom stereocenters. The maximum atomic E-state index is 12.4. The van der Waals surface area contributed by atoms with Crippen molar-refractivity contribution in [1.82, 2.24) is 5.32 Å². The number of aliphatic carboxylic acids is 1. The van der Waals surface area contributed by atoms with Crippen molar-refractivity contribution in [1.29, 1.82) is 0 Å². The molecule has 22 heavy (non-hydrogen) atoms. The molecule has 0 aliphatic heterocycles. The first kappa shape index (κ1) is 18.0. The monoisotopic (exact) mass is 307 g/mol. The third-order valence-electron chi connectivity index (χ3n) is 3.71. The molecule has 0 saturated carbocycles. The van der Waals surface area contributed by atoms with Gasteiger partial charge in [-0.15, -0.1) is 0 Å². The molecule has 0 saturated heterocycles. The zero-order chi connectivity index (χ0) is 16.9. The van der Waals surface area contributed by atoms with Crippen LogP contribution in [0.4, 0.5) is 0 Å². The van der Waals surface area contributed by atoms with Crippen molar-refractivity contribution < 1.29 is 19.4 Å². The number of ether oxygens (including phenoxy) is 1. The number of benzene rings is 1. The number of carboxylic acid groups (broad SMARTS) is 1. The van der Waals surface area contributed by atoms with Crippen LogP contribution in [0.1, 0.15) is 39.7 Å². The van der Waals surface area contributed by atoms with Gasteiger partial charge < -0.3 is 15.2 Å². The van der Waals surface area contributed by atoms with Crippen molar-refractivity contribution in [3.63, 3.8) is 0 Å². The SMILES string of the molecule is CCC(C)C(NC(=O)C(C)(C)Oc1ccc(C)cc1)C(=O)O. The number of amides is 1. The normalized spacial score (nSPS) is 14.0. The summed E-state index contributed by atoms with van der Waals surface area (Å²) in [5.41, 5.74) is -0.0616. The van der Waals surface area contributed by atoms with E-state index in [1.807, 2.05) is 26.0 Å². The first-order chi connectivity index (χ1) is 10.2. The van der Waals surface area contributed by atoms with Gasteiger partial charge in [0.2, 0.25) is 0 Å². The summed E-state index contributed by atoms with van der Waals surface area (Å²) in [6, 6.07) is 6.44. The highest BCUT2D eigenvalue weighted by molar-refractivity contribution is 5.89. The van der Waals surface area contributed by atoms with Gasteiger partial charge in [-0.3, -0.25) is 4.79 Å². The van der Waals surface area contributed by atoms with E-state index >= 15 is 0 Å². The zero-order valence-corrected chi connectivity index (χ0v) is 13.8. The fraction of sp³-hybridized carbons (Fsp3) is 0.529. The van der Waals surface area contributed by atoms with Gasteiger partial charge in [0.05, 0.1) is 0 Å². The van der Waals surface area contributed by atoms with Crippen LogP contribution in [0.15, 0.2) is 24.3 Å². The first-order valence-electron chi connectivity index (χ1n) is 7.46. The minimum atomic E-state index is -1.16. The Morgan fingerprint density at radius 3 is 2.27 bits per heavy atom. The van der Waals surface area contributed by atoms with E-state index in [1.54, 1.807) is 32.9 Å². The van der Waals surface area contributed by atoms with Gasteiger partial charge >= 0.3 is 5.97 Å². The second-order valence-corrected chi connectivity index (χ2v) is 6.10.